The van der Waals surface area contributed by atoms with Crippen molar-refractivity contribution in [2.45, 2.75) is 6.92 Å². The van der Waals surface area contributed by atoms with Gasteiger partial charge in [0.15, 0.2) is 5.65 Å². The van der Waals surface area contributed by atoms with Gasteiger partial charge in [0.1, 0.15) is 35.8 Å². The van der Waals surface area contributed by atoms with Gasteiger partial charge in [-0.15, -0.1) is 0 Å². The number of anilines is 3. The summed E-state index contributed by atoms with van der Waals surface area (Å²) in [6, 6.07) is 11.8. The van der Waals surface area contributed by atoms with E-state index in [1.807, 2.05) is 6.92 Å². The molecular weight excluding hydrogens is 385 g/mol. The van der Waals surface area contributed by atoms with E-state index in [4.69, 9.17) is 10.5 Å². The van der Waals surface area contributed by atoms with Crippen LogP contribution < -0.4 is 15.8 Å². The van der Waals surface area contributed by atoms with Crippen LogP contribution in [-0.2, 0) is 0 Å². The Morgan fingerprint density at radius 2 is 1.93 bits per heavy atom. The van der Waals surface area contributed by atoms with Gasteiger partial charge in [0, 0.05) is 29.4 Å². The molecule has 0 bridgehead atoms. The minimum atomic E-state index is -0.477. The van der Waals surface area contributed by atoms with Crippen molar-refractivity contribution in [1.29, 1.82) is 0 Å². The summed E-state index contributed by atoms with van der Waals surface area (Å²) in [5.41, 5.74) is 8.82. The molecule has 0 aliphatic rings. The summed E-state index contributed by atoms with van der Waals surface area (Å²) in [6.45, 7) is 1.84. The summed E-state index contributed by atoms with van der Waals surface area (Å²) in [7, 11) is 0. The molecule has 5 aromatic rings. The normalized spacial score (nSPS) is 11.1. The van der Waals surface area contributed by atoms with Crippen LogP contribution in [0.2, 0.25) is 0 Å². The van der Waals surface area contributed by atoms with Crippen molar-refractivity contribution in [1.82, 2.24) is 24.6 Å². The van der Waals surface area contributed by atoms with E-state index in [1.54, 1.807) is 47.1 Å². The van der Waals surface area contributed by atoms with Gasteiger partial charge in [-0.3, -0.25) is 0 Å². The van der Waals surface area contributed by atoms with E-state index < -0.39 is 5.82 Å². The maximum Gasteiger partial charge on any atom is 0.158 e. The van der Waals surface area contributed by atoms with E-state index in [0.717, 1.165) is 5.56 Å². The molecule has 0 aliphatic heterocycles. The smallest absolute Gasteiger partial charge is 0.158 e. The van der Waals surface area contributed by atoms with Gasteiger partial charge in [0.05, 0.1) is 11.2 Å². The Bertz CT molecular complexity index is 1400. The van der Waals surface area contributed by atoms with Crippen molar-refractivity contribution >= 4 is 33.7 Å². The average molecular weight is 401 g/mol. The fourth-order valence-corrected chi connectivity index (χ4v) is 3.16. The Hall–Kier alpha value is -4.27. The summed E-state index contributed by atoms with van der Waals surface area (Å²) < 4.78 is 22.3. The number of hydrogen-bond acceptors (Lipinski definition) is 7. The largest absolute Gasteiger partial charge is 0.457 e. The van der Waals surface area contributed by atoms with Crippen LogP contribution in [0.1, 0.15) is 5.56 Å². The van der Waals surface area contributed by atoms with Crippen LogP contribution >= 0.6 is 0 Å². The molecule has 5 rings (SSSR count). The van der Waals surface area contributed by atoms with E-state index in [-0.39, 0.29) is 5.69 Å². The maximum absolute atomic E-state index is 14.9. The monoisotopic (exact) mass is 401 g/mol. The lowest BCUT2D eigenvalue weighted by Crippen LogP contribution is -2.00. The predicted molar refractivity (Wildman–Crippen MR) is 111 cm³/mol. The van der Waals surface area contributed by atoms with Crippen LogP contribution in [0, 0.1) is 12.7 Å². The molecule has 3 aromatic heterocycles. The van der Waals surface area contributed by atoms with Gasteiger partial charge in [-0.2, -0.15) is 5.10 Å². The maximum atomic E-state index is 14.9. The number of halogens is 1. The summed E-state index contributed by atoms with van der Waals surface area (Å²) in [6.07, 6.45) is 4.60. The van der Waals surface area contributed by atoms with Crippen LogP contribution in [0.4, 0.5) is 21.6 Å². The Balaban J connectivity index is 1.46. The first-order chi connectivity index (χ1) is 14.6. The molecule has 0 saturated heterocycles. The molecule has 9 heteroatoms. The number of rotatable bonds is 4. The number of nitrogens with one attached hydrogen (secondary N) is 1. The zero-order chi connectivity index (χ0) is 20.7. The van der Waals surface area contributed by atoms with E-state index in [2.05, 4.69) is 25.4 Å². The molecule has 0 saturated carbocycles. The second kappa shape index (κ2) is 6.96. The van der Waals surface area contributed by atoms with Gasteiger partial charge in [0.2, 0.25) is 0 Å². The second-order valence-electron chi connectivity index (χ2n) is 6.75. The lowest BCUT2D eigenvalue weighted by molar-refractivity contribution is 0.473. The molecule has 3 N–H and O–H groups in total. The Morgan fingerprint density at radius 1 is 1.03 bits per heavy atom. The van der Waals surface area contributed by atoms with Crippen molar-refractivity contribution in [2.24, 2.45) is 0 Å². The number of nitrogens with two attached hydrogens (primary N) is 1. The minimum absolute atomic E-state index is 0.273. The van der Waals surface area contributed by atoms with Crippen molar-refractivity contribution in [3.8, 4) is 11.5 Å². The van der Waals surface area contributed by atoms with Gasteiger partial charge in [-0.1, -0.05) is 0 Å². The van der Waals surface area contributed by atoms with Crippen molar-refractivity contribution in [2.75, 3.05) is 11.1 Å². The zero-order valence-corrected chi connectivity index (χ0v) is 15.9. The first-order valence-corrected chi connectivity index (χ1v) is 9.11. The Kier molecular flexibility index (Phi) is 4.13. The number of benzene rings is 2. The third-order valence-corrected chi connectivity index (χ3v) is 4.66. The van der Waals surface area contributed by atoms with E-state index >= 15 is 0 Å². The molecule has 0 fully saturated rings. The van der Waals surface area contributed by atoms with Crippen LogP contribution in [-0.4, -0.2) is 24.6 Å². The molecule has 0 unspecified atom stereocenters. The van der Waals surface area contributed by atoms with Gasteiger partial charge in [-0.05, 0) is 42.8 Å². The highest BCUT2D eigenvalue weighted by atomic mass is 19.1. The lowest BCUT2D eigenvalue weighted by atomic mass is 10.1. The third kappa shape index (κ3) is 3.22. The molecule has 8 nitrogen and oxygen atoms in total. The number of hydrogen-bond donors (Lipinski definition) is 2. The molecule has 30 heavy (non-hydrogen) atoms. The molecule has 2 aromatic carbocycles. The topological polar surface area (TPSA) is 103 Å². The third-order valence-electron chi connectivity index (χ3n) is 4.66. The average Bonchev–Trinajstić information content (AvgIpc) is 3.20. The van der Waals surface area contributed by atoms with E-state index in [1.165, 1.54) is 18.7 Å². The number of ether oxygens (including phenoxy) is 1. The molecule has 0 aliphatic carbocycles. The van der Waals surface area contributed by atoms with Gasteiger partial charge in [-0.25, -0.2) is 23.9 Å². The molecule has 0 amide bonds. The molecular formula is C21H16FN7O. The highest BCUT2D eigenvalue weighted by molar-refractivity contribution is 5.92. The fraction of sp³-hybridized carbons (Fsp3) is 0.0476. The Labute approximate surface area is 170 Å². The highest BCUT2D eigenvalue weighted by Crippen LogP contribution is 2.32. The van der Waals surface area contributed by atoms with Crippen LogP contribution in [0.15, 0.2) is 61.3 Å². The van der Waals surface area contributed by atoms with Gasteiger partial charge >= 0.3 is 0 Å². The number of aryl methyl sites for hydroxylation is 1. The van der Waals surface area contributed by atoms with Gasteiger partial charge in [0.25, 0.3) is 0 Å². The molecule has 3 heterocycles. The van der Waals surface area contributed by atoms with Crippen molar-refractivity contribution in [3.05, 3.63) is 72.7 Å². The summed E-state index contributed by atoms with van der Waals surface area (Å²) >= 11 is 0. The van der Waals surface area contributed by atoms with Crippen molar-refractivity contribution < 1.29 is 9.13 Å². The summed E-state index contributed by atoms with van der Waals surface area (Å²) in [4.78, 5) is 12.6. The molecule has 0 atom stereocenters. The highest BCUT2D eigenvalue weighted by Gasteiger charge is 2.12. The first kappa shape index (κ1) is 17.8. The quantitative estimate of drug-likeness (QED) is 0.434. The zero-order valence-electron chi connectivity index (χ0n) is 15.9. The summed E-state index contributed by atoms with van der Waals surface area (Å²) in [5.74, 6) is 0.932. The van der Waals surface area contributed by atoms with Gasteiger partial charge < -0.3 is 15.8 Å². The second-order valence-corrected chi connectivity index (χ2v) is 6.75. The number of pyridine rings is 1. The fourth-order valence-electron chi connectivity index (χ4n) is 3.16. The standard InChI is InChI=1S/C21H16FN7O/c1-12-6-18(28-21-15-7-13(23)2-3-17(15)24-10-26-21)16(22)9-19(12)30-14-4-5-29-20(8-14)25-11-27-29/h2-11H,23H2,1H3,(H,24,26,28). The number of fused-ring (bicyclic) bond motifs is 2. The molecule has 0 radical (unpaired) electrons. The first-order valence-electron chi connectivity index (χ1n) is 9.11. The van der Waals surface area contributed by atoms with E-state index in [9.17, 15) is 4.39 Å². The van der Waals surface area contributed by atoms with Crippen LogP contribution in [0.25, 0.3) is 16.6 Å². The SMILES string of the molecule is Cc1cc(Nc2ncnc3ccc(N)cc23)c(F)cc1Oc1ccn2ncnc2c1. The number of nitrogen functional groups attached to an aromatic ring is 1. The van der Waals surface area contributed by atoms with Crippen molar-refractivity contribution in [3.63, 3.8) is 0 Å². The van der Waals surface area contributed by atoms with E-state index in [0.29, 0.717) is 39.6 Å². The lowest BCUT2D eigenvalue weighted by Gasteiger charge is -2.14. The summed E-state index contributed by atoms with van der Waals surface area (Å²) in [5, 5.41) is 7.78. The van der Waals surface area contributed by atoms with Crippen LogP contribution in [0.3, 0.4) is 0 Å². The van der Waals surface area contributed by atoms with Crippen LogP contribution in [0.5, 0.6) is 11.5 Å². The number of nitrogens with zero attached hydrogens (tertiary/aromatic N) is 5. The number of aromatic nitrogens is 5. The molecule has 148 valence electrons. The Morgan fingerprint density at radius 3 is 2.83 bits per heavy atom. The minimum Gasteiger partial charge on any atom is -0.457 e. The predicted octanol–water partition coefficient (Wildman–Crippen LogP) is 4.24. The molecule has 0 spiro atoms.